The van der Waals surface area contributed by atoms with Crippen molar-refractivity contribution in [1.82, 2.24) is 4.31 Å². The second-order valence-corrected chi connectivity index (χ2v) is 9.80. The lowest BCUT2D eigenvalue weighted by Crippen LogP contribution is -2.52. The van der Waals surface area contributed by atoms with Crippen molar-refractivity contribution in [2.24, 2.45) is 17.6 Å². The molecule has 0 spiro atoms. The number of nitrogens with zero attached hydrogens (tertiary/aromatic N) is 1. The van der Waals surface area contributed by atoms with Gasteiger partial charge in [0.25, 0.3) is 0 Å². The SMILES string of the molecule is N[C@H](C1CCN(S(=O)(=O)CCO)CC1)C1CC(Cl)C(Cl)CC1O. The third kappa shape index (κ3) is 4.71. The Kier molecular flexibility index (Phi) is 6.99. The third-order valence-corrected chi connectivity index (χ3v) is 8.07. The number of sulfonamides is 1. The summed E-state index contributed by atoms with van der Waals surface area (Å²) >= 11 is 12.3. The zero-order valence-electron chi connectivity index (χ0n) is 13.0. The molecule has 1 aliphatic heterocycles. The fraction of sp³-hybridized carbons (Fsp3) is 1.00. The summed E-state index contributed by atoms with van der Waals surface area (Å²) in [6.45, 7) is 0.449. The van der Waals surface area contributed by atoms with Gasteiger partial charge in [0.2, 0.25) is 10.0 Å². The van der Waals surface area contributed by atoms with E-state index in [9.17, 15) is 13.5 Å². The number of aliphatic hydroxyl groups excluding tert-OH is 2. The van der Waals surface area contributed by atoms with Gasteiger partial charge in [-0.3, -0.25) is 0 Å². The topological polar surface area (TPSA) is 104 Å². The first-order valence-corrected chi connectivity index (χ1v) is 10.5. The van der Waals surface area contributed by atoms with Crippen LogP contribution in [-0.4, -0.2) is 71.3 Å². The van der Waals surface area contributed by atoms with E-state index in [1.165, 1.54) is 4.31 Å². The molecule has 0 bridgehead atoms. The molecule has 0 amide bonds. The zero-order chi connectivity index (χ0) is 17.2. The van der Waals surface area contributed by atoms with Gasteiger partial charge in [0.05, 0.1) is 29.2 Å². The monoisotopic (exact) mass is 388 g/mol. The van der Waals surface area contributed by atoms with Gasteiger partial charge in [0.1, 0.15) is 0 Å². The fourth-order valence-electron chi connectivity index (χ4n) is 3.66. The van der Waals surface area contributed by atoms with Crippen LogP contribution < -0.4 is 5.73 Å². The summed E-state index contributed by atoms with van der Waals surface area (Å²) in [6.07, 6.45) is 1.79. The number of hydrogen-bond acceptors (Lipinski definition) is 5. The van der Waals surface area contributed by atoms with E-state index >= 15 is 0 Å². The molecular weight excluding hydrogens is 363 g/mol. The Morgan fingerprint density at radius 2 is 1.74 bits per heavy atom. The summed E-state index contributed by atoms with van der Waals surface area (Å²) < 4.78 is 25.3. The van der Waals surface area contributed by atoms with Crippen LogP contribution in [0.2, 0.25) is 0 Å². The predicted octanol–water partition coefficient (Wildman–Crippen LogP) is 0.334. The van der Waals surface area contributed by atoms with E-state index in [1.807, 2.05) is 0 Å². The largest absolute Gasteiger partial charge is 0.395 e. The van der Waals surface area contributed by atoms with Gasteiger partial charge in [-0.1, -0.05) is 0 Å². The molecule has 23 heavy (non-hydrogen) atoms. The Morgan fingerprint density at radius 1 is 1.17 bits per heavy atom. The number of hydrogen-bond donors (Lipinski definition) is 3. The molecule has 2 rings (SSSR count). The molecule has 1 saturated carbocycles. The van der Waals surface area contributed by atoms with Crippen LogP contribution in [0.4, 0.5) is 0 Å². The first kappa shape index (κ1) is 19.7. The molecular formula is C14H26Cl2N2O4S. The predicted molar refractivity (Wildman–Crippen MR) is 91.2 cm³/mol. The lowest BCUT2D eigenvalue weighted by Gasteiger charge is -2.42. The number of piperidine rings is 1. The van der Waals surface area contributed by atoms with Crippen LogP contribution in [0.15, 0.2) is 0 Å². The number of halogens is 2. The second-order valence-electron chi connectivity index (χ2n) is 6.59. The molecule has 6 nitrogen and oxygen atoms in total. The maximum Gasteiger partial charge on any atom is 0.216 e. The standard InChI is InChI=1S/C14H26Cl2N2O4S/c15-11-7-10(13(20)8-12(11)16)14(17)9-1-3-18(4-2-9)23(21,22)6-5-19/h9-14,19-20H,1-8,17H2/t10?,11?,12?,13?,14-/m1/s1. The van der Waals surface area contributed by atoms with Crippen molar-refractivity contribution >= 4 is 33.2 Å². The Labute approximate surface area is 148 Å². The summed E-state index contributed by atoms with van der Waals surface area (Å²) in [4.78, 5) is 0. The minimum absolute atomic E-state index is 0.0990. The molecule has 4 unspecified atom stereocenters. The van der Waals surface area contributed by atoms with Crippen LogP contribution in [0.25, 0.3) is 0 Å². The highest BCUT2D eigenvalue weighted by Gasteiger charge is 2.41. The van der Waals surface area contributed by atoms with E-state index in [0.29, 0.717) is 38.8 Å². The third-order valence-electron chi connectivity index (χ3n) is 5.13. The summed E-state index contributed by atoms with van der Waals surface area (Å²) in [5.41, 5.74) is 6.36. The van der Waals surface area contributed by atoms with E-state index in [-0.39, 0.29) is 41.0 Å². The van der Waals surface area contributed by atoms with Gasteiger partial charge in [0.15, 0.2) is 0 Å². The number of alkyl halides is 2. The Balaban J connectivity index is 1.92. The zero-order valence-corrected chi connectivity index (χ0v) is 15.3. The van der Waals surface area contributed by atoms with Gasteiger partial charge in [0, 0.05) is 25.0 Å². The van der Waals surface area contributed by atoms with Crippen LogP contribution in [0.3, 0.4) is 0 Å². The first-order chi connectivity index (χ1) is 10.8. The minimum Gasteiger partial charge on any atom is -0.395 e. The van der Waals surface area contributed by atoms with Crippen molar-refractivity contribution in [3.05, 3.63) is 0 Å². The van der Waals surface area contributed by atoms with Gasteiger partial charge < -0.3 is 15.9 Å². The highest BCUT2D eigenvalue weighted by molar-refractivity contribution is 7.89. The molecule has 0 aromatic carbocycles. The lowest BCUT2D eigenvalue weighted by atomic mass is 9.74. The summed E-state index contributed by atoms with van der Waals surface area (Å²) in [7, 11) is -3.38. The van der Waals surface area contributed by atoms with E-state index in [2.05, 4.69) is 0 Å². The average Bonchev–Trinajstić information content (AvgIpc) is 2.50. The minimum atomic E-state index is -3.38. The van der Waals surface area contributed by atoms with E-state index in [0.717, 1.165) is 0 Å². The van der Waals surface area contributed by atoms with Crippen molar-refractivity contribution in [2.45, 2.75) is 48.6 Å². The van der Waals surface area contributed by atoms with Gasteiger partial charge in [-0.15, -0.1) is 23.2 Å². The lowest BCUT2D eigenvalue weighted by molar-refractivity contribution is 0.0399. The quantitative estimate of drug-likeness (QED) is 0.588. The molecule has 0 aromatic rings. The molecule has 1 aliphatic carbocycles. The van der Waals surface area contributed by atoms with Gasteiger partial charge in [-0.05, 0) is 31.6 Å². The first-order valence-electron chi connectivity index (χ1n) is 8.06. The van der Waals surface area contributed by atoms with Crippen LogP contribution in [0.5, 0.6) is 0 Å². The van der Waals surface area contributed by atoms with E-state index in [1.54, 1.807) is 0 Å². The van der Waals surface area contributed by atoms with Crippen LogP contribution in [0.1, 0.15) is 25.7 Å². The molecule has 2 fully saturated rings. The highest BCUT2D eigenvalue weighted by Crippen LogP contribution is 2.37. The molecule has 0 aromatic heterocycles. The Bertz CT molecular complexity index is 485. The number of rotatable bonds is 5. The molecule has 2 aliphatic rings. The Morgan fingerprint density at radius 3 is 2.30 bits per heavy atom. The maximum atomic E-state index is 12.0. The van der Waals surface area contributed by atoms with Crippen molar-refractivity contribution in [3.63, 3.8) is 0 Å². The molecule has 0 radical (unpaired) electrons. The normalized spacial score (nSPS) is 36.0. The van der Waals surface area contributed by atoms with Gasteiger partial charge in [-0.25, -0.2) is 12.7 Å². The second kappa shape index (κ2) is 8.17. The molecule has 1 heterocycles. The maximum absolute atomic E-state index is 12.0. The Hall–Kier alpha value is 0.370. The summed E-state index contributed by atoms with van der Waals surface area (Å²) in [5, 5.41) is 18.7. The van der Waals surface area contributed by atoms with Crippen LogP contribution in [0, 0.1) is 11.8 Å². The van der Waals surface area contributed by atoms with Crippen molar-refractivity contribution < 1.29 is 18.6 Å². The van der Waals surface area contributed by atoms with Crippen LogP contribution >= 0.6 is 23.2 Å². The van der Waals surface area contributed by atoms with E-state index in [4.69, 9.17) is 34.0 Å². The molecule has 4 N–H and O–H groups in total. The summed E-state index contributed by atoms with van der Waals surface area (Å²) in [5.74, 6) is -0.181. The fourth-order valence-corrected chi connectivity index (χ4v) is 5.51. The van der Waals surface area contributed by atoms with Crippen molar-refractivity contribution in [3.8, 4) is 0 Å². The highest BCUT2D eigenvalue weighted by atomic mass is 35.5. The molecule has 1 saturated heterocycles. The number of nitrogens with two attached hydrogens (primary N) is 1. The number of aliphatic hydroxyl groups is 2. The molecule has 5 atom stereocenters. The van der Waals surface area contributed by atoms with Gasteiger partial charge >= 0.3 is 0 Å². The van der Waals surface area contributed by atoms with Crippen LogP contribution in [-0.2, 0) is 10.0 Å². The van der Waals surface area contributed by atoms with E-state index < -0.39 is 16.1 Å². The molecule has 9 heteroatoms. The average molecular weight is 389 g/mol. The molecule has 136 valence electrons. The van der Waals surface area contributed by atoms with Crippen molar-refractivity contribution in [1.29, 1.82) is 0 Å². The van der Waals surface area contributed by atoms with Crippen molar-refractivity contribution in [2.75, 3.05) is 25.4 Å². The van der Waals surface area contributed by atoms with Gasteiger partial charge in [-0.2, -0.15) is 0 Å². The smallest absolute Gasteiger partial charge is 0.216 e. The summed E-state index contributed by atoms with van der Waals surface area (Å²) in [6, 6.07) is -0.210.